The molecule has 2 heterocycles. The van der Waals surface area contributed by atoms with Crippen molar-refractivity contribution in [1.29, 1.82) is 0 Å². The van der Waals surface area contributed by atoms with Crippen LogP contribution in [0.3, 0.4) is 0 Å². The predicted molar refractivity (Wildman–Crippen MR) is 96.1 cm³/mol. The highest BCUT2D eigenvalue weighted by molar-refractivity contribution is 7.89. The summed E-state index contributed by atoms with van der Waals surface area (Å²) in [5.74, 6) is -1.96. The van der Waals surface area contributed by atoms with E-state index in [4.69, 9.17) is 0 Å². The number of piperazine rings is 1. The van der Waals surface area contributed by atoms with E-state index in [2.05, 4.69) is 0 Å². The van der Waals surface area contributed by atoms with E-state index < -0.39 is 39.2 Å². The van der Waals surface area contributed by atoms with Gasteiger partial charge in [-0.05, 0) is 13.0 Å². The maximum absolute atomic E-state index is 12.5. The number of benzene rings is 1. The van der Waals surface area contributed by atoms with E-state index in [1.807, 2.05) is 0 Å². The fraction of sp³-hybridized carbons (Fsp3) is 0.438. The van der Waals surface area contributed by atoms with Crippen LogP contribution in [0.2, 0.25) is 0 Å². The summed E-state index contributed by atoms with van der Waals surface area (Å²) in [6.07, 6.45) is 0. The van der Waals surface area contributed by atoms with E-state index >= 15 is 0 Å². The van der Waals surface area contributed by atoms with Gasteiger partial charge in [-0.15, -0.1) is 0 Å². The first-order valence-corrected chi connectivity index (χ1v) is 10.2. The monoisotopic (exact) mass is 410 g/mol. The molecule has 3 amide bonds. The van der Waals surface area contributed by atoms with Crippen LogP contribution in [0.5, 0.6) is 0 Å². The Hall–Kier alpha value is -2.86. The van der Waals surface area contributed by atoms with Crippen LogP contribution >= 0.6 is 0 Å². The zero-order chi connectivity index (χ0) is 20.6. The Kier molecular flexibility index (Phi) is 5.17. The first kappa shape index (κ1) is 19.9. The number of carbonyl (C=O) groups excluding carboxylic acids is 3. The van der Waals surface area contributed by atoms with Crippen LogP contribution in [0.25, 0.3) is 0 Å². The number of rotatable bonds is 5. The average Bonchev–Trinajstić information content (AvgIpc) is 2.92. The van der Waals surface area contributed by atoms with Crippen molar-refractivity contribution < 1.29 is 27.7 Å². The van der Waals surface area contributed by atoms with Gasteiger partial charge in [-0.3, -0.25) is 29.4 Å². The predicted octanol–water partition coefficient (Wildman–Crippen LogP) is -0.315. The van der Waals surface area contributed by atoms with Gasteiger partial charge >= 0.3 is 0 Å². The highest BCUT2D eigenvalue weighted by Gasteiger charge is 2.39. The molecule has 1 aromatic rings. The summed E-state index contributed by atoms with van der Waals surface area (Å²) in [7, 11) is -3.34. The second kappa shape index (κ2) is 7.28. The highest BCUT2D eigenvalue weighted by Crippen LogP contribution is 2.26. The molecule has 1 aromatic carbocycles. The molecule has 150 valence electrons. The summed E-state index contributed by atoms with van der Waals surface area (Å²) in [6.45, 7) is 1.66. The largest absolute Gasteiger partial charge is 0.338 e. The molecule has 1 fully saturated rings. The lowest BCUT2D eigenvalue weighted by atomic mass is 10.1. The number of carbonyl (C=O) groups is 3. The van der Waals surface area contributed by atoms with Gasteiger partial charge in [0.1, 0.15) is 6.54 Å². The molecule has 0 saturated carbocycles. The molecule has 0 spiro atoms. The maximum atomic E-state index is 12.5. The zero-order valence-corrected chi connectivity index (χ0v) is 15.8. The Morgan fingerprint density at radius 2 is 1.71 bits per heavy atom. The summed E-state index contributed by atoms with van der Waals surface area (Å²) in [6, 6.07) is 3.35. The SMILES string of the molecule is CCS(=O)(=O)N1CCN(C(=O)CN2C(=O)c3ccc([N+](=O)[O-])cc3C2=O)CC1. The molecule has 0 atom stereocenters. The van der Waals surface area contributed by atoms with Crippen molar-refractivity contribution >= 4 is 33.4 Å². The van der Waals surface area contributed by atoms with E-state index in [1.165, 1.54) is 15.3 Å². The Bertz CT molecular complexity index is 967. The van der Waals surface area contributed by atoms with Gasteiger partial charge in [0.2, 0.25) is 15.9 Å². The molecule has 2 aliphatic heterocycles. The second-order valence-electron chi connectivity index (χ2n) is 6.36. The molecule has 11 nitrogen and oxygen atoms in total. The number of imide groups is 1. The fourth-order valence-corrected chi connectivity index (χ4v) is 4.25. The molecular formula is C16H18N4O7S. The summed E-state index contributed by atoms with van der Waals surface area (Å²) in [5, 5.41) is 10.9. The number of amides is 3. The van der Waals surface area contributed by atoms with Crippen LogP contribution in [0.15, 0.2) is 18.2 Å². The molecule has 2 aliphatic rings. The Morgan fingerprint density at radius 1 is 1.11 bits per heavy atom. The minimum absolute atomic E-state index is 0.0160. The van der Waals surface area contributed by atoms with Gasteiger partial charge in [0.15, 0.2) is 0 Å². The van der Waals surface area contributed by atoms with Crippen LogP contribution in [-0.2, 0) is 14.8 Å². The lowest BCUT2D eigenvalue weighted by Gasteiger charge is -2.34. The number of nitro groups is 1. The fourth-order valence-electron chi connectivity index (χ4n) is 3.17. The van der Waals surface area contributed by atoms with Crippen LogP contribution in [0.4, 0.5) is 5.69 Å². The van der Waals surface area contributed by atoms with E-state index in [1.54, 1.807) is 6.92 Å². The quantitative estimate of drug-likeness (QED) is 0.368. The third-order valence-corrected chi connectivity index (χ3v) is 6.69. The van der Waals surface area contributed by atoms with Crippen LogP contribution in [-0.4, -0.2) is 83.6 Å². The lowest BCUT2D eigenvalue weighted by Crippen LogP contribution is -2.53. The Morgan fingerprint density at radius 3 is 2.29 bits per heavy atom. The Balaban J connectivity index is 1.68. The standard InChI is InChI=1S/C16H18N4O7S/c1-2-28(26,27)18-7-5-17(6-8-18)14(21)10-19-15(22)12-4-3-11(20(24)25)9-13(12)16(19)23/h3-4,9H,2,5-8,10H2,1H3. The van der Waals surface area contributed by atoms with Crippen molar-refractivity contribution in [2.24, 2.45) is 0 Å². The van der Waals surface area contributed by atoms with Gasteiger partial charge < -0.3 is 4.90 Å². The number of hydrogen-bond acceptors (Lipinski definition) is 7. The van der Waals surface area contributed by atoms with Gasteiger partial charge in [0, 0.05) is 38.3 Å². The molecule has 0 bridgehead atoms. The van der Waals surface area contributed by atoms with E-state index in [0.717, 1.165) is 17.0 Å². The number of sulfonamides is 1. The number of nitrogens with zero attached hydrogens (tertiary/aromatic N) is 4. The summed E-state index contributed by atoms with van der Waals surface area (Å²) < 4.78 is 25.1. The number of fused-ring (bicyclic) bond motifs is 1. The van der Waals surface area contributed by atoms with Crippen molar-refractivity contribution in [3.05, 3.63) is 39.4 Å². The molecule has 0 N–H and O–H groups in total. The molecule has 28 heavy (non-hydrogen) atoms. The molecule has 0 aliphatic carbocycles. The average molecular weight is 410 g/mol. The second-order valence-corrected chi connectivity index (χ2v) is 8.62. The van der Waals surface area contributed by atoms with Crippen molar-refractivity contribution in [1.82, 2.24) is 14.1 Å². The summed E-state index contributed by atoms with van der Waals surface area (Å²) >= 11 is 0. The lowest BCUT2D eigenvalue weighted by molar-refractivity contribution is -0.384. The zero-order valence-electron chi connectivity index (χ0n) is 15.0. The van der Waals surface area contributed by atoms with Crippen LogP contribution < -0.4 is 0 Å². The summed E-state index contributed by atoms with van der Waals surface area (Å²) in [5.41, 5.74) is -0.408. The van der Waals surface area contributed by atoms with Gasteiger partial charge in [0.25, 0.3) is 17.5 Å². The third kappa shape index (κ3) is 3.47. The molecule has 12 heteroatoms. The molecule has 0 radical (unpaired) electrons. The minimum atomic E-state index is -3.34. The molecule has 3 rings (SSSR count). The van der Waals surface area contributed by atoms with Gasteiger partial charge in [-0.1, -0.05) is 0 Å². The van der Waals surface area contributed by atoms with E-state index in [9.17, 15) is 32.9 Å². The van der Waals surface area contributed by atoms with E-state index in [0.29, 0.717) is 0 Å². The van der Waals surface area contributed by atoms with E-state index in [-0.39, 0.29) is 48.7 Å². The normalized spacial score (nSPS) is 17.8. The van der Waals surface area contributed by atoms with Crippen molar-refractivity contribution in [2.75, 3.05) is 38.5 Å². The smallest absolute Gasteiger partial charge is 0.270 e. The van der Waals surface area contributed by atoms with Crippen LogP contribution in [0.1, 0.15) is 27.6 Å². The van der Waals surface area contributed by atoms with Crippen molar-refractivity contribution in [3.63, 3.8) is 0 Å². The first-order chi connectivity index (χ1) is 13.2. The number of hydrogen-bond donors (Lipinski definition) is 0. The maximum Gasteiger partial charge on any atom is 0.270 e. The van der Waals surface area contributed by atoms with Gasteiger partial charge in [-0.25, -0.2) is 8.42 Å². The topological polar surface area (TPSA) is 138 Å². The van der Waals surface area contributed by atoms with Gasteiger partial charge in [-0.2, -0.15) is 4.31 Å². The first-order valence-electron chi connectivity index (χ1n) is 8.56. The van der Waals surface area contributed by atoms with Crippen molar-refractivity contribution in [2.45, 2.75) is 6.92 Å². The highest BCUT2D eigenvalue weighted by atomic mass is 32.2. The number of nitro benzene ring substituents is 1. The molecular weight excluding hydrogens is 392 g/mol. The minimum Gasteiger partial charge on any atom is -0.338 e. The molecule has 0 aromatic heterocycles. The molecule has 0 unspecified atom stereocenters. The molecule has 1 saturated heterocycles. The third-order valence-electron chi connectivity index (χ3n) is 4.81. The van der Waals surface area contributed by atoms with Crippen molar-refractivity contribution in [3.8, 4) is 0 Å². The summed E-state index contributed by atoms with van der Waals surface area (Å²) in [4.78, 5) is 49.7. The Labute approximate surface area is 160 Å². The van der Waals surface area contributed by atoms with Crippen LogP contribution in [0, 0.1) is 10.1 Å². The number of non-ortho nitro benzene ring substituents is 1. The van der Waals surface area contributed by atoms with Gasteiger partial charge in [0.05, 0.1) is 21.8 Å².